The Bertz CT molecular complexity index is 323. The highest BCUT2D eigenvalue weighted by Gasteiger charge is 2.06. The van der Waals surface area contributed by atoms with E-state index in [-0.39, 0.29) is 6.10 Å². The van der Waals surface area contributed by atoms with Crippen LogP contribution < -0.4 is 0 Å². The molecule has 1 aromatic carbocycles. The normalized spacial score (nSPS) is 12.8. The molecule has 1 rings (SSSR count). The largest absolute Gasteiger partial charge is 0.392 e. The molecule has 0 aromatic heterocycles. The number of aliphatic hydroxyl groups excluding tert-OH is 1. The van der Waals surface area contributed by atoms with Crippen LogP contribution >= 0.6 is 11.8 Å². The van der Waals surface area contributed by atoms with Crippen LogP contribution in [0.3, 0.4) is 0 Å². The summed E-state index contributed by atoms with van der Waals surface area (Å²) in [5.41, 5.74) is 3.87. The molecular formula is C14H22OS. The third-order valence-corrected chi connectivity index (χ3v) is 4.02. The van der Waals surface area contributed by atoms with E-state index in [9.17, 15) is 5.11 Å². The van der Waals surface area contributed by atoms with Gasteiger partial charge in [-0.1, -0.05) is 25.1 Å². The van der Waals surface area contributed by atoms with E-state index >= 15 is 0 Å². The SMILES string of the molecule is CCCSCC(O)Cc1ccc(C)c(C)c1. The van der Waals surface area contributed by atoms with Crippen LogP contribution in [-0.4, -0.2) is 22.7 Å². The van der Waals surface area contributed by atoms with Crippen molar-refractivity contribution in [3.63, 3.8) is 0 Å². The van der Waals surface area contributed by atoms with Crippen molar-refractivity contribution in [2.24, 2.45) is 0 Å². The van der Waals surface area contributed by atoms with Gasteiger partial charge in [-0.3, -0.25) is 0 Å². The molecule has 0 spiro atoms. The lowest BCUT2D eigenvalue weighted by molar-refractivity contribution is 0.200. The lowest BCUT2D eigenvalue weighted by atomic mass is 10.0. The molecule has 0 aliphatic carbocycles. The molecule has 0 saturated heterocycles. The molecule has 0 amide bonds. The summed E-state index contributed by atoms with van der Waals surface area (Å²) in [6, 6.07) is 6.44. The summed E-state index contributed by atoms with van der Waals surface area (Å²) in [5.74, 6) is 1.99. The second-order valence-corrected chi connectivity index (χ2v) is 5.50. The van der Waals surface area contributed by atoms with Crippen molar-refractivity contribution in [2.45, 2.75) is 39.7 Å². The van der Waals surface area contributed by atoms with Crippen molar-refractivity contribution >= 4 is 11.8 Å². The van der Waals surface area contributed by atoms with Crippen LogP contribution in [-0.2, 0) is 6.42 Å². The van der Waals surface area contributed by atoms with Crippen LogP contribution in [0.15, 0.2) is 18.2 Å². The Kier molecular flexibility index (Phi) is 5.93. The quantitative estimate of drug-likeness (QED) is 0.767. The van der Waals surface area contributed by atoms with E-state index < -0.39 is 0 Å². The molecule has 0 heterocycles. The van der Waals surface area contributed by atoms with E-state index in [1.165, 1.54) is 23.1 Å². The number of hydrogen-bond acceptors (Lipinski definition) is 2. The lowest BCUT2D eigenvalue weighted by Gasteiger charge is -2.11. The van der Waals surface area contributed by atoms with Gasteiger partial charge in [0, 0.05) is 5.75 Å². The van der Waals surface area contributed by atoms with E-state index in [2.05, 4.69) is 39.0 Å². The third-order valence-electron chi connectivity index (χ3n) is 2.70. The fourth-order valence-electron chi connectivity index (χ4n) is 1.63. The van der Waals surface area contributed by atoms with E-state index in [0.29, 0.717) is 0 Å². The van der Waals surface area contributed by atoms with Crippen LogP contribution in [0.4, 0.5) is 0 Å². The molecule has 1 aromatic rings. The molecule has 16 heavy (non-hydrogen) atoms. The minimum atomic E-state index is -0.210. The fraction of sp³-hybridized carbons (Fsp3) is 0.571. The minimum absolute atomic E-state index is 0.210. The molecular weight excluding hydrogens is 216 g/mol. The second-order valence-electron chi connectivity index (χ2n) is 4.35. The summed E-state index contributed by atoms with van der Waals surface area (Å²) in [5, 5.41) is 9.87. The predicted octanol–water partition coefficient (Wildman–Crippen LogP) is 3.35. The highest BCUT2D eigenvalue weighted by molar-refractivity contribution is 7.99. The second kappa shape index (κ2) is 6.97. The number of rotatable bonds is 6. The van der Waals surface area contributed by atoms with Gasteiger partial charge in [-0.2, -0.15) is 11.8 Å². The average molecular weight is 238 g/mol. The van der Waals surface area contributed by atoms with Crippen LogP contribution in [0, 0.1) is 13.8 Å². The van der Waals surface area contributed by atoms with Crippen molar-refractivity contribution in [3.8, 4) is 0 Å². The van der Waals surface area contributed by atoms with Gasteiger partial charge in [-0.25, -0.2) is 0 Å². The van der Waals surface area contributed by atoms with E-state index in [4.69, 9.17) is 0 Å². The van der Waals surface area contributed by atoms with Crippen molar-refractivity contribution in [1.82, 2.24) is 0 Å². The van der Waals surface area contributed by atoms with Crippen molar-refractivity contribution in [1.29, 1.82) is 0 Å². The topological polar surface area (TPSA) is 20.2 Å². The molecule has 1 unspecified atom stereocenters. The number of aliphatic hydroxyl groups is 1. The molecule has 1 atom stereocenters. The number of aryl methyl sites for hydroxylation is 2. The lowest BCUT2D eigenvalue weighted by Crippen LogP contribution is -2.14. The Morgan fingerprint density at radius 2 is 2.00 bits per heavy atom. The summed E-state index contributed by atoms with van der Waals surface area (Å²) in [4.78, 5) is 0. The zero-order valence-corrected chi connectivity index (χ0v) is 11.3. The van der Waals surface area contributed by atoms with Crippen LogP contribution in [0.25, 0.3) is 0 Å². The van der Waals surface area contributed by atoms with E-state index in [1.807, 2.05) is 11.8 Å². The van der Waals surface area contributed by atoms with Crippen LogP contribution in [0.5, 0.6) is 0 Å². The first kappa shape index (κ1) is 13.6. The number of thioether (sulfide) groups is 1. The summed E-state index contributed by atoms with van der Waals surface area (Å²) >= 11 is 1.84. The highest BCUT2D eigenvalue weighted by atomic mass is 32.2. The highest BCUT2D eigenvalue weighted by Crippen LogP contribution is 2.13. The molecule has 1 N–H and O–H groups in total. The molecule has 1 nitrogen and oxygen atoms in total. The standard InChI is InChI=1S/C14H22OS/c1-4-7-16-10-14(15)9-13-6-5-11(2)12(3)8-13/h5-6,8,14-15H,4,7,9-10H2,1-3H3. The van der Waals surface area contributed by atoms with Gasteiger partial charge in [-0.05, 0) is 49.1 Å². The van der Waals surface area contributed by atoms with Gasteiger partial charge < -0.3 is 5.11 Å². The first-order valence-corrected chi connectivity index (χ1v) is 7.11. The van der Waals surface area contributed by atoms with Crippen molar-refractivity contribution < 1.29 is 5.11 Å². The van der Waals surface area contributed by atoms with E-state index in [0.717, 1.165) is 17.9 Å². The monoisotopic (exact) mass is 238 g/mol. The molecule has 0 bridgehead atoms. The molecule has 0 radical (unpaired) electrons. The van der Waals surface area contributed by atoms with Crippen LogP contribution in [0.1, 0.15) is 30.0 Å². The first-order valence-electron chi connectivity index (χ1n) is 5.95. The van der Waals surface area contributed by atoms with Crippen molar-refractivity contribution in [3.05, 3.63) is 34.9 Å². The van der Waals surface area contributed by atoms with Gasteiger partial charge in [0.25, 0.3) is 0 Å². The zero-order valence-electron chi connectivity index (χ0n) is 10.5. The van der Waals surface area contributed by atoms with Gasteiger partial charge in [0.15, 0.2) is 0 Å². The maximum Gasteiger partial charge on any atom is 0.0670 e. The Labute approximate surface area is 103 Å². The Hall–Kier alpha value is -0.470. The average Bonchev–Trinajstić information content (AvgIpc) is 2.24. The molecule has 0 fully saturated rings. The van der Waals surface area contributed by atoms with Crippen molar-refractivity contribution in [2.75, 3.05) is 11.5 Å². The van der Waals surface area contributed by atoms with Crippen LogP contribution in [0.2, 0.25) is 0 Å². The summed E-state index contributed by atoms with van der Waals surface area (Å²) in [6.07, 6.45) is 1.75. The Balaban J connectivity index is 2.43. The van der Waals surface area contributed by atoms with Gasteiger partial charge >= 0.3 is 0 Å². The van der Waals surface area contributed by atoms with Gasteiger partial charge in [0.2, 0.25) is 0 Å². The smallest absolute Gasteiger partial charge is 0.0670 e. The molecule has 0 saturated carbocycles. The maximum atomic E-state index is 9.87. The fourth-order valence-corrected chi connectivity index (χ4v) is 2.47. The zero-order chi connectivity index (χ0) is 12.0. The molecule has 0 aliphatic rings. The number of hydrogen-bond donors (Lipinski definition) is 1. The molecule has 0 aliphatic heterocycles. The predicted molar refractivity (Wildman–Crippen MR) is 73.2 cm³/mol. The Morgan fingerprint density at radius 3 is 2.62 bits per heavy atom. The van der Waals surface area contributed by atoms with Gasteiger partial charge in [-0.15, -0.1) is 0 Å². The molecule has 2 heteroatoms. The van der Waals surface area contributed by atoms with E-state index in [1.54, 1.807) is 0 Å². The van der Waals surface area contributed by atoms with Gasteiger partial charge in [0.05, 0.1) is 6.10 Å². The summed E-state index contributed by atoms with van der Waals surface area (Å²) < 4.78 is 0. The first-order chi connectivity index (χ1) is 7.63. The third kappa shape index (κ3) is 4.58. The van der Waals surface area contributed by atoms with Gasteiger partial charge in [0.1, 0.15) is 0 Å². The Morgan fingerprint density at radius 1 is 1.25 bits per heavy atom. The number of benzene rings is 1. The summed E-state index contributed by atoms with van der Waals surface area (Å²) in [7, 11) is 0. The summed E-state index contributed by atoms with van der Waals surface area (Å²) in [6.45, 7) is 6.41. The maximum absolute atomic E-state index is 9.87. The minimum Gasteiger partial charge on any atom is -0.392 e. The molecule has 90 valence electrons.